The molecule has 1 aromatic heterocycles. The molecule has 0 saturated heterocycles. The predicted molar refractivity (Wildman–Crippen MR) is 80.3 cm³/mol. The number of nitriles is 1. The highest BCUT2D eigenvalue weighted by molar-refractivity contribution is 5.96. The van der Waals surface area contributed by atoms with Crippen molar-refractivity contribution < 1.29 is 4.39 Å². The number of halogens is 1. The summed E-state index contributed by atoms with van der Waals surface area (Å²) >= 11 is 0. The Hall–Kier alpha value is -2.67. The zero-order valence-electron chi connectivity index (χ0n) is 12.1. The molecular formula is C17H14FN3. The third kappa shape index (κ3) is 1.82. The van der Waals surface area contributed by atoms with Gasteiger partial charge < -0.3 is 0 Å². The van der Waals surface area contributed by atoms with Crippen LogP contribution in [-0.4, -0.2) is 9.78 Å². The Morgan fingerprint density at radius 1 is 1.19 bits per heavy atom. The number of hydrogen-bond donors (Lipinski definition) is 0. The van der Waals surface area contributed by atoms with Crippen LogP contribution < -0.4 is 0 Å². The van der Waals surface area contributed by atoms with Crippen molar-refractivity contribution in [1.82, 2.24) is 9.78 Å². The second kappa shape index (κ2) is 4.71. The molecule has 3 aromatic rings. The normalized spacial score (nSPS) is 10.8. The van der Waals surface area contributed by atoms with E-state index in [1.165, 1.54) is 0 Å². The van der Waals surface area contributed by atoms with Gasteiger partial charge in [0.05, 0.1) is 23.0 Å². The third-order valence-corrected chi connectivity index (χ3v) is 3.87. The van der Waals surface area contributed by atoms with Crippen molar-refractivity contribution in [1.29, 1.82) is 5.26 Å². The number of rotatable bonds is 1. The molecule has 21 heavy (non-hydrogen) atoms. The monoisotopic (exact) mass is 279 g/mol. The highest BCUT2D eigenvalue weighted by Crippen LogP contribution is 2.36. The van der Waals surface area contributed by atoms with E-state index in [0.717, 1.165) is 16.3 Å². The van der Waals surface area contributed by atoms with Gasteiger partial charge in [-0.15, -0.1) is 0 Å². The van der Waals surface area contributed by atoms with Crippen LogP contribution in [0.25, 0.3) is 22.0 Å². The average molecular weight is 279 g/mol. The molecule has 0 unspecified atom stereocenters. The summed E-state index contributed by atoms with van der Waals surface area (Å²) in [6, 6.07) is 9.58. The maximum atomic E-state index is 14.9. The summed E-state index contributed by atoms with van der Waals surface area (Å²) in [4.78, 5) is 0. The van der Waals surface area contributed by atoms with E-state index in [1.807, 2.05) is 31.2 Å². The molecule has 2 aromatic carbocycles. The Morgan fingerprint density at radius 2 is 1.86 bits per heavy atom. The summed E-state index contributed by atoms with van der Waals surface area (Å²) in [7, 11) is 1.76. The zero-order valence-corrected chi connectivity index (χ0v) is 12.1. The SMILES string of the molecule is Cc1cnn(C)c1-c1c(F)c(C)c2ccccc2c1C#N. The standard InChI is InChI=1S/C17H14FN3/c1-10-9-20-21(3)17(10)15-14(8-19)13-7-5-4-6-12(13)11(2)16(15)18/h4-7,9H,1-3H3. The van der Waals surface area contributed by atoms with Gasteiger partial charge in [0.2, 0.25) is 0 Å². The molecule has 0 bridgehead atoms. The van der Waals surface area contributed by atoms with Gasteiger partial charge in [0.15, 0.2) is 0 Å². The molecule has 0 saturated carbocycles. The van der Waals surface area contributed by atoms with Crippen molar-refractivity contribution in [2.45, 2.75) is 13.8 Å². The van der Waals surface area contributed by atoms with E-state index >= 15 is 0 Å². The van der Waals surface area contributed by atoms with Crippen molar-refractivity contribution in [2.24, 2.45) is 7.05 Å². The lowest BCUT2D eigenvalue weighted by atomic mass is 9.92. The van der Waals surface area contributed by atoms with Crippen LogP contribution >= 0.6 is 0 Å². The van der Waals surface area contributed by atoms with Gasteiger partial charge in [-0.2, -0.15) is 10.4 Å². The predicted octanol–water partition coefficient (Wildman–Crippen LogP) is 3.87. The van der Waals surface area contributed by atoms with Gasteiger partial charge in [0, 0.05) is 12.4 Å². The first-order valence-electron chi connectivity index (χ1n) is 6.66. The second-order valence-electron chi connectivity index (χ2n) is 5.15. The van der Waals surface area contributed by atoms with Crippen molar-refractivity contribution >= 4 is 10.8 Å². The molecule has 0 fully saturated rings. The van der Waals surface area contributed by atoms with Crippen LogP contribution in [0.1, 0.15) is 16.7 Å². The minimum atomic E-state index is -0.350. The summed E-state index contributed by atoms with van der Waals surface area (Å²) in [5, 5.41) is 15.3. The highest BCUT2D eigenvalue weighted by atomic mass is 19.1. The van der Waals surface area contributed by atoms with E-state index in [4.69, 9.17) is 0 Å². The van der Waals surface area contributed by atoms with E-state index in [9.17, 15) is 9.65 Å². The molecular weight excluding hydrogens is 265 g/mol. The van der Waals surface area contributed by atoms with Gasteiger partial charge in [-0.1, -0.05) is 24.3 Å². The smallest absolute Gasteiger partial charge is 0.137 e. The fraction of sp³-hybridized carbons (Fsp3) is 0.176. The Morgan fingerprint density at radius 3 is 2.43 bits per heavy atom. The fourth-order valence-electron chi connectivity index (χ4n) is 2.82. The largest absolute Gasteiger partial charge is 0.268 e. The first kappa shape index (κ1) is 13.3. The zero-order chi connectivity index (χ0) is 15.1. The molecule has 0 aliphatic rings. The van der Waals surface area contributed by atoms with Crippen molar-refractivity contribution in [2.75, 3.05) is 0 Å². The molecule has 0 amide bonds. The maximum absolute atomic E-state index is 14.9. The summed E-state index contributed by atoms with van der Waals surface area (Å²) in [6.07, 6.45) is 1.68. The number of hydrogen-bond acceptors (Lipinski definition) is 2. The Balaban J connectivity index is 2.55. The average Bonchev–Trinajstić information content (AvgIpc) is 2.82. The van der Waals surface area contributed by atoms with E-state index in [1.54, 1.807) is 24.9 Å². The lowest BCUT2D eigenvalue weighted by Gasteiger charge is -2.14. The Kier molecular flexibility index (Phi) is 2.99. The fourth-order valence-corrected chi connectivity index (χ4v) is 2.82. The number of nitrogens with zero attached hydrogens (tertiary/aromatic N) is 3. The van der Waals surface area contributed by atoms with Crippen LogP contribution in [0, 0.1) is 31.0 Å². The Labute approximate surface area is 122 Å². The maximum Gasteiger partial charge on any atom is 0.137 e. The van der Waals surface area contributed by atoms with E-state index in [2.05, 4.69) is 11.2 Å². The highest BCUT2D eigenvalue weighted by Gasteiger charge is 2.22. The van der Waals surface area contributed by atoms with Gasteiger partial charge in [-0.05, 0) is 30.4 Å². The van der Waals surface area contributed by atoms with Gasteiger partial charge >= 0.3 is 0 Å². The van der Waals surface area contributed by atoms with E-state index in [0.29, 0.717) is 22.4 Å². The molecule has 0 spiro atoms. The minimum absolute atomic E-state index is 0.339. The third-order valence-electron chi connectivity index (χ3n) is 3.87. The van der Waals surface area contributed by atoms with Crippen LogP contribution in [0.4, 0.5) is 4.39 Å². The molecule has 0 atom stereocenters. The van der Waals surface area contributed by atoms with Crippen LogP contribution in [0.2, 0.25) is 0 Å². The summed E-state index contributed by atoms with van der Waals surface area (Å²) < 4.78 is 16.5. The topological polar surface area (TPSA) is 41.6 Å². The van der Waals surface area contributed by atoms with Crippen molar-refractivity contribution in [3.8, 4) is 17.3 Å². The summed E-state index contributed by atoms with van der Waals surface area (Å²) in [5.74, 6) is -0.350. The molecule has 0 aliphatic heterocycles. The minimum Gasteiger partial charge on any atom is -0.268 e. The van der Waals surface area contributed by atoms with Crippen LogP contribution in [0.15, 0.2) is 30.5 Å². The lowest BCUT2D eigenvalue weighted by molar-refractivity contribution is 0.621. The van der Waals surface area contributed by atoms with Crippen molar-refractivity contribution in [3.05, 3.63) is 53.0 Å². The molecule has 4 heteroatoms. The van der Waals surface area contributed by atoms with Gasteiger partial charge in [0.1, 0.15) is 11.9 Å². The molecule has 0 radical (unpaired) electrons. The number of aromatic nitrogens is 2. The number of fused-ring (bicyclic) bond motifs is 1. The Bertz CT molecular complexity index is 881. The first-order valence-corrected chi connectivity index (χ1v) is 6.66. The lowest BCUT2D eigenvalue weighted by Crippen LogP contribution is -2.02. The van der Waals surface area contributed by atoms with Crippen LogP contribution in [-0.2, 0) is 7.05 Å². The molecule has 1 heterocycles. The first-order chi connectivity index (χ1) is 10.1. The molecule has 104 valence electrons. The van der Waals surface area contributed by atoms with Gasteiger partial charge in [-0.3, -0.25) is 4.68 Å². The van der Waals surface area contributed by atoms with Gasteiger partial charge in [0.25, 0.3) is 0 Å². The summed E-state index contributed by atoms with van der Waals surface area (Å²) in [5.41, 5.74) is 2.76. The molecule has 3 nitrogen and oxygen atoms in total. The van der Waals surface area contributed by atoms with E-state index in [-0.39, 0.29) is 5.82 Å². The quantitative estimate of drug-likeness (QED) is 0.678. The number of benzene rings is 2. The molecule has 0 N–H and O–H groups in total. The molecule has 3 rings (SSSR count). The second-order valence-corrected chi connectivity index (χ2v) is 5.15. The van der Waals surface area contributed by atoms with Crippen LogP contribution in [0.3, 0.4) is 0 Å². The van der Waals surface area contributed by atoms with Crippen LogP contribution in [0.5, 0.6) is 0 Å². The number of aryl methyl sites for hydroxylation is 3. The molecule has 0 aliphatic carbocycles. The summed E-state index contributed by atoms with van der Waals surface area (Å²) in [6.45, 7) is 3.61. The van der Waals surface area contributed by atoms with E-state index < -0.39 is 0 Å². The van der Waals surface area contributed by atoms with Crippen molar-refractivity contribution in [3.63, 3.8) is 0 Å². The van der Waals surface area contributed by atoms with Gasteiger partial charge in [-0.25, -0.2) is 4.39 Å².